The van der Waals surface area contributed by atoms with E-state index in [-0.39, 0.29) is 35.2 Å². The largest absolute Gasteiger partial charge is 0.327 e. The Balaban J connectivity index is 0.00000338. The van der Waals surface area contributed by atoms with Crippen LogP contribution in [-0.2, 0) is 14.8 Å². The molecule has 0 aromatic heterocycles. The molecule has 0 unspecified atom stereocenters. The number of nitrogens with one attached hydrogen (secondary N) is 1. The first-order valence-electron chi connectivity index (χ1n) is 8.95. The van der Waals surface area contributed by atoms with Crippen molar-refractivity contribution in [3.05, 3.63) is 23.8 Å². The van der Waals surface area contributed by atoms with Gasteiger partial charge >= 0.3 is 0 Å². The van der Waals surface area contributed by atoms with Gasteiger partial charge in [0.25, 0.3) is 0 Å². The van der Waals surface area contributed by atoms with Gasteiger partial charge in [-0.15, -0.1) is 12.4 Å². The number of sulfonamides is 1. The van der Waals surface area contributed by atoms with Crippen LogP contribution in [0, 0.1) is 12.8 Å². The predicted octanol–water partition coefficient (Wildman–Crippen LogP) is 2.90. The van der Waals surface area contributed by atoms with Crippen molar-refractivity contribution in [2.75, 3.05) is 18.4 Å². The first-order valence-corrected chi connectivity index (χ1v) is 10.4. The highest BCUT2D eigenvalue weighted by molar-refractivity contribution is 7.89. The number of nitrogens with two attached hydrogens (primary N) is 1. The zero-order valence-electron chi connectivity index (χ0n) is 15.7. The van der Waals surface area contributed by atoms with Crippen LogP contribution >= 0.6 is 12.4 Å². The Morgan fingerprint density at radius 2 is 1.92 bits per heavy atom. The molecular formula is C18H30ClN3O3S. The van der Waals surface area contributed by atoms with E-state index in [0.29, 0.717) is 30.8 Å². The molecule has 1 aromatic carbocycles. The molecule has 0 radical (unpaired) electrons. The molecule has 2 atom stereocenters. The van der Waals surface area contributed by atoms with Crippen molar-refractivity contribution >= 4 is 34.0 Å². The Bertz CT molecular complexity index is 720. The number of hydrogen-bond acceptors (Lipinski definition) is 4. The van der Waals surface area contributed by atoms with Crippen LogP contribution in [0.25, 0.3) is 0 Å². The van der Waals surface area contributed by atoms with Gasteiger partial charge < -0.3 is 11.1 Å². The van der Waals surface area contributed by atoms with E-state index >= 15 is 0 Å². The monoisotopic (exact) mass is 403 g/mol. The van der Waals surface area contributed by atoms with Crippen molar-refractivity contribution in [2.24, 2.45) is 11.7 Å². The van der Waals surface area contributed by atoms with Crippen LogP contribution < -0.4 is 11.1 Å². The number of halogens is 1. The second kappa shape index (κ2) is 9.69. The van der Waals surface area contributed by atoms with Crippen LogP contribution in [0.15, 0.2) is 23.1 Å². The Kier molecular flexibility index (Phi) is 8.53. The summed E-state index contributed by atoms with van der Waals surface area (Å²) < 4.78 is 27.0. The minimum absolute atomic E-state index is 0. The van der Waals surface area contributed by atoms with E-state index in [0.717, 1.165) is 19.3 Å². The summed E-state index contributed by atoms with van der Waals surface area (Å²) >= 11 is 0. The minimum atomic E-state index is -3.56. The third kappa shape index (κ3) is 5.19. The normalized spacial score (nSPS) is 20.0. The number of amides is 1. The van der Waals surface area contributed by atoms with E-state index in [9.17, 15) is 13.2 Å². The summed E-state index contributed by atoms with van der Waals surface area (Å²) in [4.78, 5) is 12.5. The summed E-state index contributed by atoms with van der Waals surface area (Å²) in [7, 11) is -3.56. The highest BCUT2D eigenvalue weighted by Gasteiger charge is 2.27. The zero-order chi connectivity index (χ0) is 18.6. The molecule has 0 spiro atoms. The molecule has 148 valence electrons. The number of rotatable bonds is 7. The van der Waals surface area contributed by atoms with E-state index < -0.39 is 10.0 Å². The van der Waals surface area contributed by atoms with E-state index in [1.807, 2.05) is 13.8 Å². The van der Waals surface area contributed by atoms with E-state index in [1.54, 1.807) is 25.1 Å². The van der Waals surface area contributed by atoms with Gasteiger partial charge in [-0.25, -0.2) is 8.42 Å². The van der Waals surface area contributed by atoms with Gasteiger partial charge in [0.05, 0.1) is 4.90 Å². The summed E-state index contributed by atoms with van der Waals surface area (Å²) in [6, 6.07) is 5.11. The maximum absolute atomic E-state index is 12.8. The summed E-state index contributed by atoms with van der Waals surface area (Å²) in [5.74, 6) is 0.0988. The van der Waals surface area contributed by atoms with Crippen molar-refractivity contribution in [3.63, 3.8) is 0 Å². The van der Waals surface area contributed by atoms with Gasteiger partial charge in [-0.2, -0.15) is 4.31 Å². The molecule has 1 aromatic rings. The second-order valence-electron chi connectivity index (χ2n) is 6.68. The number of aryl methyl sites for hydroxylation is 1. The minimum Gasteiger partial charge on any atom is -0.327 e. The first-order chi connectivity index (χ1) is 11.8. The summed E-state index contributed by atoms with van der Waals surface area (Å²) in [5, 5.41) is 2.83. The molecule has 1 fully saturated rings. The highest BCUT2D eigenvalue weighted by atomic mass is 35.5. The van der Waals surface area contributed by atoms with Gasteiger partial charge in [-0.05, 0) is 43.4 Å². The molecule has 1 saturated carbocycles. The standard InChI is InChI=1S/C18H29N3O3S.ClH/c1-4-21(5-2)25(23,24)17-12-15(10-9-13(17)3)20-18(22)11-14-7-6-8-16(14)19;/h9-10,12,14,16H,4-8,11,19H2,1-3H3,(H,20,22);1H/t14-,16+;/m0./s1. The van der Waals surface area contributed by atoms with Crippen molar-refractivity contribution < 1.29 is 13.2 Å². The van der Waals surface area contributed by atoms with Crippen molar-refractivity contribution in [2.45, 2.75) is 57.4 Å². The van der Waals surface area contributed by atoms with E-state index in [1.165, 1.54) is 4.31 Å². The molecule has 1 aliphatic carbocycles. The SMILES string of the molecule is CCN(CC)S(=O)(=O)c1cc(NC(=O)C[C@@H]2CCC[C@H]2N)ccc1C.Cl. The molecule has 6 nitrogen and oxygen atoms in total. The lowest BCUT2D eigenvalue weighted by Gasteiger charge is -2.20. The van der Waals surface area contributed by atoms with Crippen LogP contribution in [0.2, 0.25) is 0 Å². The molecule has 0 saturated heterocycles. The summed E-state index contributed by atoms with van der Waals surface area (Å²) in [6.45, 7) is 6.21. The fourth-order valence-electron chi connectivity index (χ4n) is 3.43. The first kappa shape index (κ1) is 22.9. The number of hydrogen-bond donors (Lipinski definition) is 2. The summed E-state index contributed by atoms with van der Waals surface area (Å²) in [6.07, 6.45) is 3.39. The average molecular weight is 404 g/mol. The number of nitrogens with zero attached hydrogens (tertiary/aromatic N) is 1. The molecule has 26 heavy (non-hydrogen) atoms. The summed E-state index contributed by atoms with van der Waals surface area (Å²) in [5.41, 5.74) is 7.20. The third-order valence-electron chi connectivity index (χ3n) is 4.96. The van der Waals surface area contributed by atoms with E-state index in [2.05, 4.69) is 5.32 Å². The van der Waals surface area contributed by atoms with E-state index in [4.69, 9.17) is 5.73 Å². The number of carbonyl (C=O) groups excluding carboxylic acids is 1. The lowest BCUT2D eigenvalue weighted by Crippen LogP contribution is -2.31. The van der Waals surface area contributed by atoms with Gasteiger partial charge in [-0.3, -0.25) is 4.79 Å². The highest BCUT2D eigenvalue weighted by Crippen LogP contribution is 2.28. The lowest BCUT2D eigenvalue weighted by atomic mass is 10.00. The van der Waals surface area contributed by atoms with Crippen molar-refractivity contribution in [3.8, 4) is 0 Å². The maximum atomic E-state index is 12.8. The number of anilines is 1. The molecule has 0 heterocycles. The molecular weight excluding hydrogens is 374 g/mol. The van der Waals surface area contributed by atoms with Crippen LogP contribution in [0.5, 0.6) is 0 Å². The molecule has 2 rings (SSSR count). The molecule has 8 heteroatoms. The van der Waals surface area contributed by atoms with Gasteiger partial charge in [0.15, 0.2) is 0 Å². The molecule has 0 aliphatic heterocycles. The topological polar surface area (TPSA) is 92.5 Å². The van der Waals surface area contributed by atoms with Crippen molar-refractivity contribution in [1.82, 2.24) is 4.31 Å². The van der Waals surface area contributed by atoms with Crippen LogP contribution in [0.3, 0.4) is 0 Å². The smallest absolute Gasteiger partial charge is 0.243 e. The Morgan fingerprint density at radius 1 is 1.27 bits per heavy atom. The molecule has 1 amide bonds. The van der Waals surface area contributed by atoms with Gasteiger partial charge in [0.1, 0.15) is 0 Å². The Morgan fingerprint density at radius 3 is 2.46 bits per heavy atom. The number of carbonyl (C=O) groups is 1. The number of benzene rings is 1. The zero-order valence-corrected chi connectivity index (χ0v) is 17.3. The molecule has 0 bridgehead atoms. The van der Waals surface area contributed by atoms with Gasteiger partial charge in [0.2, 0.25) is 15.9 Å². The van der Waals surface area contributed by atoms with Crippen LogP contribution in [0.1, 0.15) is 45.1 Å². The fraction of sp³-hybridized carbons (Fsp3) is 0.611. The second-order valence-corrected chi connectivity index (χ2v) is 8.58. The van der Waals surface area contributed by atoms with Crippen LogP contribution in [-0.4, -0.2) is 37.8 Å². The Hall–Kier alpha value is -1.15. The third-order valence-corrected chi connectivity index (χ3v) is 7.15. The molecule has 3 N–H and O–H groups in total. The average Bonchev–Trinajstić information content (AvgIpc) is 2.95. The predicted molar refractivity (Wildman–Crippen MR) is 107 cm³/mol. The van der Waals surface area contributed by atoms with Crippen LogP contribution in [0.4, 0.5) is 5.69 Å². The maximum Gasteiger partial charge on any atom is 0.243 e. The quantitative estimate of drug-likeness (QED) is 0.732. The van der Waals surface area contributed by atoms with Crippen molar-refractivity contribution in [1.29, 1.82) is 0 Å². The fourth-order valence-corrected chi connectivity index (χ4v) is 5.14. The van der Waals surface area contributed by atoms with Gasteiger partial charge in [0, 0.05) is 31.2 Å². The van der Waals surface area contributed by atoms with Gasteiger partial charge in [-0.1, -0.05) is 26.3 Å². The Labute approximate surface area is 163 Å². The lowest BCUT2D eigenvalue weighted by molar-refractivity contribution is -0.117. The molecule has 1 aliphatic rings.